The highest BCUT2D eigenvalue weighted by atomic mass is 35.5. The van der Waals surface area contributed by atoms with E-state index in [9.17, 15) is 14.7 Å². The molecule has 3 aromatic carbocycles. The number of halogens is 2. The van der Waals surface area contributed by atoms with E-state index in [2.05, 4.69) is 0 Å². The van der Waals surface area contributed by atoms with Gasteiger partial charge in [0.05, 0.1) is 18.5 Å². The van der Waals surface area contributed by atoms with Crippen LogP contribution < -0.4 is 10.3 Å². The molecule has 0 aliphatic carbocycles. The van der Waals surface area contributed by atoms with Gasteiger partial charge in [-0.05, 0) is 72.8 Å². The van der Waals surface area contributed by atoms with Crippen LogP contribution in [0.2, 0.25) is 10.0 Å². The van der Waals surface area contributed by atoms with Crippen molar-refractivity contribution >= 4 is 29.0 Å². The third-order valence-corrected chi connectivity index (χ3v) is 5.26. The molecular weight excluding hydrogens is 439 g/mol. The first-order chi connectivity index (χ1) is 14.9. The van der Waals surface area contributed by atoms with E-state index in [1.54, 1.807) is 60.7 Å². The van der Waals surface area contributed by atoms with Crippen LogP contribution >= 0.6 is 23.2 Å². The van der Waals surface area contributed by atoms with Gasteiger partial charge in [-0.3, -0.25) is 9.59 Å². The van der Waals surface area contributed by atoms with Crippen molar-refractivity contribution in [3.05, 3.63) is 104 Å². The lowest BCUT2D eigenvalue weighted by molar-refractivity contribution is 0.103. The second-order valence-corrected chi connectivity index (χ2v) is 7.51. The molecule has 0 saturated heterocycles. The zero-order valence-electron chi connectivity index (χ0n) is 16.3. The smallest absolute Gasteiger partial charge is 0.287 e. The number of ether oxygens (including phenoxy) is 1. The van der Waals surface area contributed by atoms with E-state index in [0.717, 1.165) is 0 Å². The molecule has 0 radical (unpaired) electrons. The Morgan fingerprint density at radius 2 is 1.29 bits per heavy atom. The van der Waals surface area contributed by atoms with Crippen LogP contribution in [0.3, 0.4) is 0 Å². The molecule has 0 saturated carbocycles. The third kappa shape index (κ3) is 3.83. The van der Waals surface area contributed by atoms with E-state index in [1.807, 2.05) is 0 Å². The van der Waals surface area contributed by atoms with Gasteiger partial charge in [-0.2, -0.15) is 0 Å². The summed E-state index contributed by atoms with van der Waals surface area (Å²) in [5.74, 6) is -0.526. The monoisotopic (exact) mass is 454 g/mol. The third-order valence-electron chi connectivity index (χ3n) is 4.75. The molecule has 0 atom stereocenters. The highest BCUT2D eigenvalue weighted by Gasteiger charge is 2.28. The number of ketones is 1. The number of hydrogen-bond donors (Lipinski definition) is 1. The maximum atomic E-state index is 13.4. The number of benzene rings is 3. The average molecular weight is 455 g/mol. The summed E-state index contributed by atoms with van der Waals surface area (Å²) < 4.78 is 7.58. The van der Waals surface area contributed by atoms with Crippen molar-refractivity contribution in [3.8, 4) is 23.0 Å². The lowest BCUT2D eigenvalue weighted by Gasteiger charge is -2.12. The summed E-state index contributed by atoms with van der Waals surface area (Å²) in [4.78, 5) is 26.5. The van der Waals surface area contributed by atoms with Crippen LogP contribution in [0.25, 0.3) is 11.4 Å². The Balaban J connectivity index is 1.95. The second-order valence-electron chi connectivity index (χ2n) is 6.64. The zero-order chi connectivity index (χ0) is 22.1. The SMILES string of the molecule is COc1ccc(C(=O)c2c(O)n(-c3ccc(Cl)cc3)n(-c3ccc(Cl)cc3)c2=O)cc1. The summed E-state index contributed by atoms with van der Waals surface area (Å²) in [7, 11) is 1.51. The molecule has 0 bridgehead atoms. The molecule has 1 aromatic heterocycles. The van der Waals surface area contributed by atoms with Crippen LogP contribution in [0.1, 0.15) is 15.9 Å². The molecule has 156 valence electrons. The van der Waals surface area contributed by atoms with Crippen LogP contribution in [-0.4, -0.2) is 27.4 Å². The summed E-state index contributed by atoms with van der Waals surface area (Å²) in [6.45, 7) is 0. The first kappa shape index (κ1) is 20.8. The van der Waals surface area contributed by atoms with Crippen molar-refractivity contribution in [3.63, 3.8) is 0 Å². The average Bonchev–Trinajstić information content (AvgIpc) is 3.04. The van der Waals surface area contributed by atoms with Crippen molar-refractivity contribution < 1.29 is 14.6 Å². The molecule has 0 aliphatic rings. The van der Waals surface area contributed by atoms with E-state index >= 15 is 0 Å². The normalized spacial score (nSPS) is 10.8. The van der Waals surface area contributed by atoms with Gasteiger partial charge < -0.3 is 9.84 Å². The van der Waals surface area contributed by atoms with Gasteiger partial charge in [0, 0.05) is 15.6 Å². The summed E-state index contributed by atoms with van der Waals surface area (Å²) in [5, 5.41) is 12.0. The fraction of sp³-hybridized carbons (Fsp3) is 0.0435. The molecule has 8 heteroatoms. The highest BCUT2D eigenvalue weighted by Crippen LogP contribution is 2.27. The lowest BCUT2D eigenvalue weighted by Crippen LogP contribution is -2.23. The van der Waals surface area contributed by atoms with Crippen molar-refractivity contribution in [2.45, 2.75) is 0 Å². The first-order valence-electron chi connectivity index (χ1n) is 9.18. The Hall–Kier alpha value is -3.48. The van der Waals surface area contributed by atoms with Gasteiger partial charge in [0.25, 0.3) is 5.56 Å². The molecule has 0 amide bonds. The molecule has 0 aliphatic heterocycles. The van der Waals surface area contributed by atoms with Crippen LogP contribution in [0.4, 0.5) is 0 Å². The molecule has 31 heavy (non-hydrogen) atoms. The Bertz CT molecular complexity index is 1310. The number of methoxy groups -OCH3 is 1. The maximum absolute atomic E-state index is 13.4. The van der Waals surface area contributed by atoms with Gasteiger partial charge in [-0.1, -0.05) is 23.2 Å². The molecule has 4 rings (SSSR count). The summed E-state index contributed by atoms with van der Waals surface area (Å²) in [6.07, 6.45) is 0. The lowest BCUT2D eigenvalue weighted by atomic mass is 10.1. The molecule has 0 spiro atoms. The van der Waals surface area contributed by atoms with E-state index in [4.69, 9.17) is 27.9 Å². The predicted molar refractivity (Wildman–Crippen MR) is 119 cm³/mol. The molecule has 6 nitrogen and oxygen atoms in total. The predicted octanol–water partition coefficient (Wildman–Crippen LogP) is 4.88. The number of nitrogens with zero attached hydrogens (tertiary/aromatic N) is 2. The number of rotatable bonds is 5. The summed E-state index contributed by atoms with van der Waals surface area (Å²) in [6, 6.07) is 19.3. The Kier molecular flexibility index (Phi) is 5.59. The molecule has 1 N–H and O–H groups in total. The van der Waals surface area contributed by atoms with Gasteiger partial charge in [0.15, 0.2) is 5.56 Å². The highest BCUT2D eigenvalue weighted by molar-refractivity contribution is 6.30. The number of carbonyl (C=O) groups excluding carboxylic acids is 1. The molecule has 1 heterocycles. The topological polar surface area (TPSA) is 73.5 Å². The molecular formula is C23H16Cl2N2O4. The number of hydrogen-bond acceptors (Lipinski definition) is 4. The van der Waals surface area contributed by atoms with E-state index in [0.29, 0.717) is 27.2 Å². The minimum Gasteiger partial charge on any atom is -0.497 e. The minimum atomic E-state index is -0.671. The maximum Gasteiger partial charge on any atom is 0.287 e. The number of carbonyl (C=O) groups is 1. The van der Waals surface area contributed by atoms with Crippen LogP contribution in [0, 0.1) is 0 Å². The molecule has 0 fully saturated rings. The van der Waals surface area contributed by atoms with Crippen LogP contribution in [-0.2, 0) is 0 Å². The fourth-order valence-electron chi connectivity index (χ4n) is 3.21. The first-order valence-corrected chi connectivity index (χ1v) is 9.94. The Morgan fingerprint density at radius 1 is 0.806 bits per heavy atom. The number of aromatic hydroxyl groups is 1. The van der Waals surface area contributed by atoms with Crippen molar-refractivity contribution in [2.24, 2.45) is 0 Å². The van der Waals surface area contributed by atoms with E-state index in [-0.39, 0.29) is 11.1 Å². The standard InChI is InChI=1S/C23H16Cl2N2O4/c1-31-19-12-2-14(3-13-19)21(28)20-22(29)26(17-8-4-15(24)5-9-17)27(23(20)30)18-10-6-16(25)7-11-18/h2-13,29H,1H3. The van der Waals surface area contributed by atoms with Crippen molar-refractivity contribution in [1.82, 2.24) is 9.36 Å². The molecule has 4 aromatic rings. The van der Waals surface area contributed by atoms with E-state index < -0.39 is 17.2 Å². The second kappa shape index (κ2) is 8.34. The van der Waals surface area contributed by atoms with Crippen LogP contribution in [0.15, 0.2) is 77.6 Å². The fourth-order valence-corrected chi connectivity index (χ4v) is 3.47. The Morgan fingerprint density at radius 3 is 1.77 bits per heavy atom. The van der Waals surface area contributed by atoms with Crippen LogP contribution in [0.5, 0.6) is 11.6 Å². The van der Waals surface area contributed by atoms with Crippen molar-refractivity contribution in [2.75, 3.05) is 7.11 Å². The zero-order valence-corrected chi connectivity index (χ0v) is 17.8. The molecule has 0 unspecified atom stereocenters. The van der Waals surface area contributed by atoms with Gasteiger partial charge in [0.2, 0.25) is 11.7 Å². The minimum absolute atomic E-state index is 0.240. The van der Waals surface area contributed by atoms with Gasteiger partial charge in [-0.25, -0.2) is 9.36 Å². The largest absolute Gasteiger partial charge is 0.497 e. The summed E-state index contributed by atoms with van der Waals surface area (Å²) >= 11 is 12.0. The van der Waals surface area contributed by atoms with Gasteiger partial charge in [0.1, 0.15) is 5.75 Å². The van der Waals surface area contributed by atoms with Crippen molar-refractivity contribution in [1.29, 1.82) is 0 Å². The van der Waals surface area contributed by atoms with Gasteiger partial charge >= 0.3 is 0 Å². The van der Waals surface area contributed by atoms with Gasteiger partial charge in [-0.15, -0.1) is 0 Å². The number of aromatic nitrogens is 2. The van der Waals surface area contributed by atoms with E-state index in [1.165, 1.54) is 28.6 Å². The Labute approximate surface area is 187 Å². The summed E-state index contributed by atoms with van der Waals surface area (Å²) in [5.41, 5.74) is 0.0894. The quantitative estimate of drug-likeness (QED) is 0.436.